The van der Waals surface area contributed by atoms with Crippen LogP contribution in [0.25, 0.3) is 0 Å². The van der Waals surface area contributed by atoms with Crippen LogP contribution in [0.2, 0.25) is 0 Å². The SMILES string of the molecule is CC(C)C(=N)N(N)C1CC2CCC(C1)N2Cc1ccccc1. The van der Waals surface area contributed by atoms with Gasteiger partial charge in [-0.15, -0.1) is 0 Å². The van der Waals surface area contributed by atoms with Gasteiger partial charge in [-0.25, -0.2) is 5.84 Å². The van der Waals surface area contributed by atoms with E-state index in [0.29, 0.717) is 24.0 Å². The molecule has 3 N–H and O–H groups in total. The summed E-state index contributed by atoms with van der Waals surface area (Å²) in [5.41, 5.74) is 1.40. The van der Waals surface area contributed by atoms with Crippen LogP contribution in [-0.4, -0.2) is 33.9 Å². The van der Waals surface area contributed by atoms with E-state index in [4.69, 9.17) is 11.3 Å². The first kappa shape index (κ1) is 15.5. The Balaban J connectivity index is 1.65. The molecule has 0 amide bonds. The minimum Gasteiger partial charge on any atom is -0.295 e. The van der Waals surface area contributed by atoms with Crippen molar-refractivity contribution in [1.29, 1.82) is 5.41 Å². The number of nitrogens with zero attached hydrogens (tertiary/aromatic N) is 2. The van der Waals surface area contributed by atoms with Gasteiger partial charge in [0.25, 0.3) is 0 Å². The molecule has 0 aromatic heterocycles. The number of hydrazine groups is 1. The number of rotatable bonds is 4. The van der Waals surface area contributed by atoms with Crippen LogP contribution in [0.15, 0.2) is 30.3 Å². The first-order chi connectivity index (χ1) is 10.6. The molecule has 2 atom stereocenters. The standard InChI is InChI=1S/C18H28N4/c1-13(2)18(19)22(20)17-10-15-8-9-16(11-17)21(15)12-14-6-4-3-5-7-14/h3-7,13,15-17,19H,8-12,20H2,1-2H3. The van der Waals surface area contributed by atoms with Gasteiger partial charge in [-0.3, -0.25) is 15.3 Å². The Morgan fingerprint density at radius 2 is 1.82 bits per heavy atom. The minimum atomic E-state index is 0.199. The number of nitrogens with one attached hydrogen (secondary N) is 1. The Kier molecular flexibility index (Phi) is 4.50. The molecule has 2 aliphatic heterocycles. The summed E-state index contributed by atoms with van der Waals surface area (Å²) in [7, 11) is 0. The molecule has 4 heteroatoms. The van der Waals surface area contributed by atoms with E-state index in [-0.39, 0.29) is 5.92 Å². The molecule has 120 valence electrons. The van der Waals surface area contributed by atoms with Crippen LogP contribution in [0, 0.1) is 11.3 Å². The van der Waals surface area contributed by atoms with Crippen molar-refractivity contribution in [2.75, 3.05) is 0 Å². The molecule has 22 heavy (non-hydrogen) atoms. The van der Waals surface area contributed by atoms with Crippen LogP contribution in [0.1, 0.15) is 45.1 Å². The normalized spacial score (nSPS) is 28.1. The number of hydrogen-bond acceptors (Lipinski definition) is 3. The Morgan fingerprint density at radius 1 is 1.23 bits per heavy atom. The molecule has 0 saturated carbocycles. The zero-order valence-corrected chi connectivity index (χ0v) is 13.7. The van der Waals surface area contributed by atoms with Crippen LogP contribution in [-0.2, 0) is 6.54 Å². The highest BCUT2D eigenvalue weighted by Crippen LogP contribution is 2.38. The Bertz CT molecular complexity index is 499. The van der Waals surface area contributed by atoms with Gasteiger partial charge in [0.2, 0.25) is 0 Å². The third-order valence-electron chi connectivity index (χ3n) is 5.29. The average molecular weight is 300 g/mol. The second kappa shape index (κ2) is 6.39. The first-order valence-corrected chi connectivity index (χ1v) is 8.48. The van der Waals surface area contributed by atoms with Crippen molar-refractivity contribution in [1.82, 2.24) is 9.91 Å². The maximum atomic E-state index is 8.15. The van der Waals surface area contributed by atoms with E-state index >= 15 is 0 Å². The minimum absolute atomic E-state index is 0.199. The van der Waals surface area contributed by atoms with E-state index in [2.05, 4.69) is 35.2 Å². The third kappa shape index (κ3) is 3.03. The lowest BCUT2D eigenvalue weighted by Crippen LogP contribution is -2.55. The molecule has 0 radical (unpaired) electrons. The van der Waals surface area contributed by atoms with Crippen LogP contribution in [0.4, 0.5) is 0 Å². The Hall–Kier alpha value is -1.39. The quantitative estimate of drug-likeness (QED) is 0.389. The monoisotopic (exact) mass is 300 g/mol. The molecule has 2 fully saturated rings. The van der Waals surface area contributed by atoms with E-state index in [1.807, 2.05) is 13.8 Å². The van der Waals surface area contributed by atoms with E-state index in [9.17, 15) is 0 Å². The second-order valence-electron chi connectivity index (χ2n) is 7.12. The van der Waals surface area contributed by atoms with Crippen molar-refractivity contribution in [3.05, 3.63) is 35.9 Å². The predicted molar refractivity (Wildman–Crippen MR) is 90.4 cm³/mol. The van der Waals surface area contributed by atoms with Gasteiger partial charge in [-0.1, -0.05) is 44.2 Å². The maximum absolute atomic E-state index is 8.15. The molecular weight excluding hydrogens is 272 g/mol. The zero-order chi connectivity index (χ0) is 15.7. The molecule has 2 heterocycles. The Labute approximate surface area is 133 Å². The average Bonchev–Trinajstić information content (AvgIpc) is 2.75. The van der Waals surface area contributed by atoms with E-state index in [1.54, 1.807) is 5.01 Å². The molecule has 2 bridgehead atoms. The van der Waals surface area contributed by atoms with Crippen LogP contribution in [0.5, 0.6) is 0 Å². The lowest BCUT2D eigenvalue weighted by Gasteiger charge is -2.43. The summed E-state index contributed by atoms with van der Waals surface area (Å²) in [5, 5.41) is 9.90. The number of hydrogen-bond donors (Lipinski definition) is 2. The Morgan fingerprint density at radius 3 is 2.36 bits per heavy atom. The smallest absolute Gasteiger partial charge is 0.113 e. The number of benzene rings is 1. The second-order valence-corrected chi connectivity index (χ2v) is 7.12. The van der Waals surface area contributed by atoms with Gasteiger partial charge in [0, 0.05) is 30.6 Å². The lowest BCUT2D eigenvalue weighted by molar-refractivity contribution is 0.0788. The number of piperidine rings is 1. The fourth-order valence-electron chi connectivity index (χ4n) is 4.02. The fourth-order valence-corrected chi connectivity index (χ4v) is 4.02. The van der Waals surface area contributed by atoms with Gasteiger partial charge in [0.1, 0.15) is 5.84 Å². The van der Waals surface area contributed by atoms with Crippen LogP contribution in [0.3, 0.4) is 0 Å². The van der Waals surface area contributed by atoms with Gasteiger partial charge in [0.05, 0.1) is 0 Å². The first-order valence-electron chi connectivity index (χ1n) is 8.48. The van der Waals surface area contributed by atoms with Crippen molar-refractivity contribution in [3.63, 3.8) is 0 Å². The van der Waals surface area contributed by atoms with Gasteiger partial charge in [-0.2, -0.15) is 0 Å². The van der Waals surface area contributed by atoms with E-state index in [0.717, 1.165) is 19.4 Å². The zero-order valence-electron chi connectivity index (χ0n) is 13.7. The summed E-state index contributed by atoms with van der Waals surface area (Å²) in [6.45, 7) is 5.14. The lowest BCUT2D eigenvalue weighted by atomic mass is 9.95. The highest BCUT2D eigenvalue weighted by molar-refractivity contribution is 5.80. The molecule has 0 spiro atoms. The molecule has 2 saturated heterocycles. The fraction of sp³-hybridized carbons (Fsp3) is 0.611. The van der Waals surface area contributed by atoms with Crippen molar-refractivity contribution in [3.8, 4) is 0 Å². The molecule has 3 rings (SSSR count). The highest BCUT2D eigenvalue weighted by atomic mass is 15.4. The molecular formula is C18H28N4. The van der Waals surface area contributed by atoms with Crippen molar-refractivity contribution >= 4 is 5.84 Å². The topological polar surface area (TPSA) is 56.4 Å². The number of fused-ring (bicyclic) bond motifs is 2. The predicted octanol–water partition coefficient (Wildman–Crippen LogP) is 2.99. The molecule has 1 aromatic carbocycles. The summed E-state index contributed by atoms with van der Waals surface area (Å²) in [5.74, 6) is 7.00. The highest BCUT2D eigenvalue weighted by Gasteiger charge is 2.42. The van der Waals surface area contributed by atoms with Gasteiger partial charge in [0.15, 0.2) is 0 Å². The summed E-state index contributed by atoms with van der Waals surface area (Å²) >= 11 is 0. The van der Waals surface area contributed by atoms with Crippen LogP contribution >= 0.6 is 0 Å². The molecule has 0 aliphatic carbocycles. The number of nitrogens with two attached hydrogens (primary N) is 1. The molecule has 2 aliphatic rings. The largest absolute Gasteiger partial charge is 0.295 e. The van der Waals surface area contributed by atoms with Crippen LogP contribution < -0.4 is 5.84 Å². The molecule has 2 unspecified atom stereocenters. The number of amidine groups is 1. The van der Waals surface area contributed by atoms with E-state index in [1.165, 1.54) is 18.4 Å². The summed E-state index contributed by atoms with van der Waals surface area (Å²) in [6.07, 6.45) is 4.73. The van der Waals surface area contributed by atoms with Gasteiger partial charge in [-0.05, 0) is 31.2 Å². The summed E-state index contributed by atoms with van der Waals surface area (Å²) in [4.78, 5) is 2.67. The van der Waals surface area contributed by atoms with Gasteiger partial charge >= 0.3 is 0 Å². The third-order valence-corrected chi connectivity index (χ3v) is 5.29. The van der Waals surface area contributed by atoms with Crippen molar-refractivity contribution in [2.45, 2.75) is 64.2 Å². The van der Waals surface area contributed by atoms with Crippen molar-refractivity contribution in [2.24, 2.45) is 11.8 Å². The summed E-state index contributed by atoms with van der Waals surface area (Å²) in [6, 6.07) is 12.3. The van der Waals surface area contributed by atoms with Gasteiger partial charge < -0.3 is 0 Å². The van der Waals surface area contributed by atoms with Crippen molar-refractivity contribution < 1.29 is 0 Å². The maximum Gasteiger partial charge on any atom is 0.113 e. The molecule has 4 nitrogen and oxygen atoms in total. The van der Waals surface area contributed by atoms with E-state index < -0.39 is 0 Å². The summed E-state index contributed by atoms with van der Waals surface area (Å²) < 4.78 is 0. The molecule has 1 aromatic rings.